The molecule has 1 aliphatic carbocycles. The molecule has 0 aromatic heterocycles. The van der Waals surface area contributed by atoms with Crippen LogP contribution in [0.15, 0.2) is 0 Å². The Morgan fingerprint density at radius 3 is 2.50 bits per heavy atom. The molecule has 1 heterocycles. The van der Waals surface area contributed by atoms with Gasteiger partial charge in [-0.1, -0.05) is 13.8 Å². The number of likely N-dealkylation sites (tertiary alicyclic amines) is 1. The van der Waals surface area contributed by atoms with E-state index >= 15 is 0 Å². The SMILES string of the molecule is CNC(CN1CCC(C(C)C)CCC1=O)C1CC1. The van der Waals surface area contributed by atoms with E-state index < -0.39 is 0 Å². The van der Waals surface area contributed by atoms with Gasteiger partial charge in [0.25, 0.3) is 0 Å². The van der Waals surface area contributed by atoms with Crippen molar-refractivity contribution in [2.45, 2.75) is 52.0 Å². The van der Waals surface area contributed by atoms with Crippen molar-refractivity contribution in [3.8, 4) is 0 Å². The highest BCUT2D eigenvalue weighted by Crippen LogP contribution is 2.33. The Hall–Kier alpha value is -0.570. The van der Waals surface area contributed by atoms with Gasteiger partial charge in [-0.25, -0.2) is 0 Å². The molecule has 18 heavy (non-hydrogen) atoms. The first-order valence-electron chi connectivity index (χ1n) is 7.57. The summed E-state index contributed by atoms with van der Waals surface area (Å²) in [5.41, 5.74) is 0. The van der Waals surface area contributed by atoms with Gasteiger partial charge in [-0.05, 0) is 50.5 Å². The average molecular weight is 252 g/mol. The Balaban J connectivity index is 1.89. The van der Waals surface area contributed by atoms with E-state index in [4.69, 9.17) is 0 Å². The highest BCUT2D eigenvalue weighted by Gasteiger charge is 2.33. The molecular weight excluding hydrogens is 224 g/mol. The van der Waals surface area contributed by atoms with E-state index in [1.54, 1.807) is 0 Å². The van der Waals surface area contributed by atoms with Gasteiger partial charge in [-0.2, -0.15) is 0 Å². The molecule has 2 fully saturated rings. The lowest BCUT2D eigenvalue weighted by Gasteiger charge is -2.27. The molecule has 3 nitrogen and oxygen atoms in total. The summed E-state index contributed by atoms with van der Waals surface area (Å²) in [6.45, 7) is 6.45. The Morgan fingerprint density at radius 2 is 1.94 bits per heavy atom. The first-order valence-corrected chi connectivity index (χ1v) is 7.57. The summed E-state index contributed by atoms with van der Waals surface area (Å²) in [6, 6.07) is 0.518. The van der Waals surface area contributed by atoms with Crippen LogP contribution >= 0.6 is 0 Å². The number of carbonyl (C=O) groups is 1. The molecule has 1 amide bonds. The molecule has 2 rings (SSSR count). The van der Waals surface area contributed by atoms with E-state index in [2.05, 4.69) is 24.1 Å². The van der Waals surface area contributed by atoms with Crippen molar-refractivity contribution in [2.75, 3.05) is 20.1 Å². The van der Waals surface area contributed by atoms with E-state index in [1.807, 2.05) is 7.05 Å². The van der Waals surface area contributed by atoms with Gasteiger partial charge in [0.15, 0.2) is 0 Å². The third kappa shape index (κ3) is 3.47. The van der Waals surface area contributed by atoms with Gasteiger partial charge in [-0.3, -0.25) is 4.79 Å². The summed E-state index contributed by atoms with van der Waals surface area (Å²) in [4.78, 5) is 14.3. The van der Waals surface area contributed by atoms with Crippen LogP contribution in [0.2, 0.25) is 0 Å². The molecule has 0 aromatic rings. The predicted molar refractivity (Wildman–Crippen MR) is 74.3 cm³/mol. The van der Waals surface area contributed by atoms with Crippen molar-refractivity contribution < 1.29 is 4.79 Å². The number of amides is 1. The van der Waals surface area contributed by atoms with E-state index in [0.717, 1.165) is 37.8 Å². The maximum atomic E-state index is 12.2. The quantitative estimate of drug-likeness (QED) is 0.814. The van der Waals surface area contributed by atoms with Gasteiger partial charge in [0.1, 0.15) is 0 Å². The van der Waals surface area contributed by atoms with E-state index in [1.165, 1.54) is 19.3 Å². The third-order valence-corrected chi connectivity index (χ3v) is 4.77. The first-order chi connectivity index (χ1) is 8.61. The second kappa shape index (κ2) is 6.05. The average Bonchev–Trinajstić information content (AvgIpc) is 3.15. The highest BCUT2D eigenvalue weighted by molar-refractivity contribution is 5.76. The van der Waals surface area contributed by atoms with Gasteiger partial charge in [0.05, 0.1) is 0 Å². The van der Waals surface area contributed by atoms with E-state index in [-0.39, 0.29) is 0 Å². The number of nitrogens with zero attached hydrogens (tertiary/aromatic N) is 1. The molecule has 104 valence electrons. The molecule has 1 saturated carbocycles. The zero-order chi connectivity index (χ0) is 13.1. The molecule has 2 unspecified atom stereocenters. The predicted octanol–water partition coefficient (Wildman–Crippen LogP) is 2.27. The first kappa shape index (κ1) is 13.9. The summed E-state index contributed by atoms with van der Waals surface area (Å²) in [5.74, 6) is 2.63. The summed E-state index contributed by atoms with van der Waals surface area (Å²) in [7, 11) is 2.03. The molecule has 0 spiro atoms. The molecule has 1 N–H and O–H groups in total. The zero-order valence-electron chi connectivity index (χ0n) is 12.1. The van der Waals surface area contributed by atoms with Crippen LogP contribution in [-0.4, -0.2) is 37.0 Å². The number of likely N-dealkylation sites (N-methyl/N-ethyl adjacent to an activating group) is 1. The summed E-state index contributed by atoms with van der Waals surface area (Å²) < 4.78 is 0. The number of rotatable bonds is 5. The fourth-order valence-corrected chi connectivity index (χ4v) is 3.13. The van der Waals surface area contributed by atoms with Gasteiger partial charge in [-0.15, -0.1) is 0 Å². The fraction of sp³-hybridized carbons (Fsp3) is 0.933. The number of carbonyl (C=O) groups excluding carboxylic acids is 1. The van der Waals surface area contributed by atoms with E-state index in [9.17, 15) is 4.79 Å². The van der Waals surface area contributed by atoms with Gasteiger partial charge in [0, 0.05) is 25.6 Å². The monoisotopic (exact) mass is 252 g/mol. The Morgan fingerprint density at radius 1 is 1.22 bits per heavy atom. The van der Waals surface area contributed by atoms with Gasteiger partial charge in [0.2, 0.25) is 5.91 Å². The van der Waals surface area contributed by atoms with Crippen LogP contribution in [0.25, 0.3) is 0 Å². The lowest BCUT2D eigenvalue weighted by Crippen LogP contribution is -2.43. The molecule has 1 aliphatic heterocycles. The fourth-order valence-electron chi connectivity index (χ4n) is 3.13. The molecule has 3 heteroatoms. The maximum Gasteiger partial charge on any atom is 0.222 e. The molecule has 0 aromatic carbocycles. The normalized spacial score (nSPS) is 27.4. The molecular formula is C15H28N2O. The van der Waals surface area contributed by atoms with Gasteiger partial charge >= 0.3 is 0 Å². The zero-order valence-corrected chi connectivity index (χ0v) is 12.1. The molecule has 2 aliphatic rings. The van der Waals surface area contributed by atoms with Crippen molar-refractivity contribution in [3.63, 3.8) is 0 Å². The molecule has 2 atom stereocenters. The second-order valence-electron chi connectivity index (χ2n) is 6.40. The largest absolute Gasteiger partial charge is 0.341 e. The van der Waals surface area contributed by atoms with Crippen molar-refractivity contribution in [1.29, 1.82) is 0 Å². The van der Waals surface area contributed by atoms with Crippen LogP contribution in [0.1, 0.15) is 46.0 Å². The smallest absolute Gasteiger partial charge is 0.222 e. The number of hydrogen-bond donors (Lipinski definition) is 1. The number of hydrogen-bond acceptors (Lipinski definition) is 2. The van der Waals surface area contributed by atoms with Crippen molar-refractivity contribution in [3.05, 3.63) is 0 Å². The Labute approximate surface area is 111 Å². The summed E-state index contributed by atoms with van der Waals surface area (Å²) in [5, 5.41) is 3.39. The number of nitrogens with one attached hydrogen (secondary N) is 1. The maximum absolute atomic E-state index is 12.2. The highest BCUT2D eigenvalue weighted by atomic mass is 16.2. The lowest BCUT2D eigenvalue weighted by molar-refractivity contribution is -0.131. The van der Waals surface area contributed by atoms with Crippen molar-refractivity contribution >= 4 is 5.91 Å². The minimum absolute atomic E-state index is 0.374. The van der Waals surface area contributed by atoms with Crippen LogP contribution < -0.4 is 5.32 Å². The van der Waals surface area contributed by atoms with Crippen LogP contribution in [0.5, 0.6) is 0 Å². The van der Waals surface area contributed by atoms with Crippen molar-refractivity contribution in [2.24, 2.45) is 17.8 Å². The molecule has 1 saturated heterocycles. The Bertz CT molecular complexity index is 286. The van der Waals surface area contributed by atoms with Crippen LogP contribution in [0, 0.1) is 17.8 Å². The lowest BCUT2D eigenvalue weighted by atomic mass is 9.89. The molecule has 0 radical (unpaired) electrons. The summed E-state index contributed by atoms with van der Waals surface area (Å²) in [6.07, 6.45) is 5.69. The topological polar surface area (TPSA) is 32.3 Å². The Kier molecular flexibility index (Phi) is 4.66. The summed E-state index contributed by atoms with van der Waals surface area (Å²) >= 11 is 0. The molecule has 0 bridgehead atoms. The standard InChI is InChI=1S/C15H28N2O/c1-11(2)12-6-7-15(18)17(9-8-12)10-14(16-3)13-4-5-13/h11-14,16H,4-10H2,1-3H3. The van der Waals surface area contributed by atoms with E-state index in [0.29, 0.717) is 17.9 Å². The minimum Gasteiger partial charge on any atom is -0.341 e. The van der Waals surface area contributed by atoms with Crippen molar-refractivity contribution in [1.82, 2.24) is 10.2 Å². The minimum atomic E-state index is 0.374. The van der Waals surface area contributed by atoms with Crippen LogP contribution in [0.4, 0.5) is 0 Å². The second-order valence-corrected chi connectivity index (χ2v) is 6.40. The third-order valence-electron chi connectivity index (χ3n) is 4.77. The van der Waals surface area contributed by atoms with Crippen LogP contribution in [0.3, 0.4) is 0 Å². The van der Waals surface area contributed by atoms with Gasteiger partial charge < -0.3 is 10.2 Å². The van der Waals surface area contributed by atoms with Crippen LogP contribution in [-0.2, 0) is 4.79 Å².